The lowest BCUT2D eigenvalue weighted by atomic mass is 10.0. The fraction of sp³-hybridized carbons (Fsp3) is 0. The van der Waals surface area contributed by atoms with E-state index < -0.39 is 23.0 Å². The van der Waals surface area contributed by atoms with Crippen molar-refractivity contribution in [1.29, 1.82) is 0 Å². The lowest BCUT2D eigenvalue weighted by Crippen LogP contribution is -2.08. The minimum Gasteiger partial charge on any atom is -0.288 e. The SMILES string of the molecule is O=C(c1cc(Cl)ccc1Cl)c1c(F)ccc(Br)c1F. The summed E-state index contributed by atoms with van der Waals surface area (Å²) in [5.41, 5.74) is -0.719. The zero-order valence-corrected chi connectivity index (χ0v) is 12.3. The average Bonchev–Trinajstić information content (AvgIpc) is 2.37. The van der Waals surface area contributed by atoms with Gasteiger partial charge in [0, 0.05) is 10.6 Å². The summed E-state index contributed by atoms with van der Waals surface area (Å²) in [5.74, 6) is -2.79. The Morgan fingerprint density at radius 1 is 1.11 bits per heavy atom. The Morgan fingerprint density at radius 3 is 2.47 bits per heavy atom. The van der Waals surface area contributed by atoms with E-state index in [1.807, 2.05) is 0 Å². The molecule has 0 aromatic heterocycles. The fourth-order valence-electron chi connectivity index (χ4n) is 1.54. The lowest BCUT2D eigenvalue weighted by Gasteiger charge is -2.07. The summed E-state index contributed by atoms with van der Waals surface area (Å²) in [5, 5.41) is 0.330. The van der Waals surface area contributed by atoms with Gasteiger partial charge in [-0.25, -0.2) is 8.78 Å². The molecule has 0 saturated carbocycles. The van der Waals surface area contributed by atoms with E-state index in [4.69, 9.17) is 23.2 Å². The number of halogens is 5. The number of carbonyl (C=O) groups is 1. The first-order valence-corrected chi connectivity index (χ1v) is 6.60. The molecular formula is C13H5BrCl2F2O. The quantitative estimate of drug-likeness (QED) is 0.523. The highest BCUT2D eigenvalue weighted by Crippen LogP contribution is 2.28. The predicted octanol–water partition coefficient (Wildman–Crippen LogP) is 5.27. The molecule has 0 fully saturated rings. The van der Waals surface area contributed by atoms with Gasteiger partial charge in [-0.2, -0.15) is 0 Å². The van der Waals surface area contributed by atoms with E-state index in [1.165, 1.54) is 24.3 Å². The van der Waals surface area contributed by atoms with Crippen LogP contribution in [0.1, 0.15) is 15.9 Å². The topological polar surface area (TPSA) is 17.1 Å². The Labute approximate surface area is 126 Å². The maximum absolute atomic E-state index is 13.8. The maximum Gasteiger partial charge on any atom is 0.200 e. The monoisotopic (exact) mass is 364 g/mol. The maximum atomic E-state index is 13.8. The van der Waals surface area contributed by atoms with Crippen molar-refractivity contribution in [3.8, 4) is 0 Å². The zero-order valence-electron chi connectivity index (χ0n) is 9.18. The van der Waals surface area contributed by atoms with Gasteiger partial charge in [0.2, 0.25) is 5.78 Å². The third-order valence-corrected chi connectivity index (χ3v) is 3.62. The Kier molecular flexibility index (Phi) is 4.23. The van der Waals surface area contributed by atoms with Crippen molar-refractivity contribution in [2.45, 2.75) is 0 Å². The summed E-state index contributed by atoms with van der Waals surface area (Å²) in [6.45, 7) is 0. The van der Waals surface area contributed by atoms with Crippen molar-refractivity contribution >= 4 is 44.9 Å². The summed E-state index contributed by atoms with van der Waals surface area (Å²) in [7, 11) is 0. The van der Waals surface area contributed by atoms with Crippen LogP contribution in [0, 0.1) is 11.6 Å². The molecule has 0 radical (unpaired) electrons. The van der Waals surface area contributed by atoms with Gasteiger partial charge in [-0.3, -0.25) is 4.79 Å². The zero-order chi connectivity index (χ0) is 14.2. The Morgan fingerprint density at radius 2 is 1.79 bits per heavy atom. The second-order valence-corrected chi connectivity index (χ2v) is 5.37. The van der Waals surface area contributed by atoms with Gasteiger partial charge >= 0.3 is 0 Å². The third kappa shape index (κ3) is 2.81. The van der Waals surface area contributed by atoms with E-state index in [0.29, 0.717) is 0 Å². The van der Waals surface area contributed by atoms with Gasteiger partial charge in [0.05, 0.1) is 15.1 Å². The summed E-state index contributed by atoms with van der Waals surface area (Å²) in [6, 6.07) is 6.32. The van der Waals surface area contributed by atoms with Crippen molar-refractivity contribution in [1.82, 2.24) is 0 Å². The molecule has 0 saturated heterocycles. The molecule has 19 heavy (non-hydrogen) atoms. The third-order valence-electron chi connectivity index (χ3n) is 2.44. The van der Waals surface area contributed by atoms with Crippen molar-refractivity contribution < 1.29 is 13.6 Å². The van der Waals surface area contributed by atoms with E-state index in [1.54, 1.807) is 0 Å². The minimum absolute atomic E-state index is 0.00426. The molecule has 0 aliphatic rings. The van der Waals surface area contributed by atoms with Crippen molar-refractivity contribution in [2.75, 3.05) is 0 Å². The molecule has 0 atom stereocenters. The summed E-state index contributed by atoms with van der Waals surface area (Å²) < 4.78 is 27.5. The van der Waals surface area contributed by atoms with Gasteiger partial charge in [-0.1, -0.05) is 23.2 Å². The number of ketones is 1. The van der Waals surface area contributed by atoms with Crippen molar-refractivity contribution in [2.24, 2.45) is 0 Å². The molecule has 0 amide bonds. The van der Waals surface area contributed by atoms with Crippen LogP contribution in [0.2, 0.25) is 10.0 Å². The highest BCUT2D eigenvalue weighted by Gasteiger charge is 2.23. The largest absolute Gasteiger partial charge is 0.288 e. The van der Waals surface area contributed by atoms with E-state index in [9.17, 15) is 13.6 Å². The van der Waals surface area contributed by atoms with Crippen LogP contribution in [0.5, 0.6) is 0 Å². The van der Waals surface area contributed by atoms with Gasteiger partial charge in [0.1, 0.15) is 5.82 Å². The van der Waals surface area contributed by atoms with Gasteiger partial charge in [0.15, 0.2) is 5.82 Å². The normalized spacial score (nSPS) is 10.6. The molecule has 0 N–H and O–H groups in total. The summed E-state index contributed by atoms with van der Waals surface area (Å²) >= 11 is 14.5. The van der Waals surface area contributed by atoms with Crippen LogP contribution in [0.3, 0.4) is 0 Å². The van der Waals surface area contributed by atoms with E-state index in [2.05, 4.69) is 15.9 Å². The molecule has 0 aliphatic carbocycles. The Hall–Kier alpha value is -0.970. The van der Waals surface area contributed by atoms with Gasteiger partial charge in [-0.15, -0.1) is 0 Å². The van der Waals surface area contributed by atoms with Crippen molar-refractivity contribution in [3.05, 3.63) is 67.6 Å². The lowest BCUT2D eigenvalue weighted by molar-refractivity contribution is 0.103. The predicted molar refractivity (Wildman–Crippen MR) is 74.0 cm³/mol. The molecule has 1 nitrogen and oxygen atoms in total. The van der Waals surface area contributed by atoms with Gasteiger partial charge < -0.3 is 0 Å². The average molecular weight is 366 g/mol. The molecule has 0 aliphatic heterocycles. The van der Waals surface area contributed by atoms with Crippen LogP contribution in [-0.4, -0.2) is 5.78 Å². The highest BCUT2D eigenvalue weighted by atomic mass is 79.9. The molecule has 0 bridgehead atoms. The molecule has 2 rings (SSSR count). The Bertz CT molecular complexity index is 674. The second kappa shape index (κ2) is 5.57. The van der Waals surface area contributed by atoms with E-state index in [-0.39, 0.29) is 20.1 Å². The fourth-order valence-corrected chi connectivity index (χ4v) is 2.25. The van der Waals surface area contributed by atoms with Crippen LogP contribution in [0.25, 0.3) is 0 Å². The first-order chi connectivity index (χ1) is 8.91. The molecular weight excluding hydrogens is 361 g/mol. The van der Waals surface area contributed by atoms with Crippen LogP contribution in [0.4, 0.5) is 8.78 Å². The molecule has 2 aromatic rings. The number of benzene rings is 2. The van der Waals surface area contributed by atoms with Crippen LogP contribution in [0.15, 0.2) is 34.8 Å². The molecule has 2 aromatic carbocycles. The van der Waals surface area contributed by atoms with Gasteiger partial charge in [0.25, 0.3) is 0 Å². The smallest absolute Gasteiger partial charge is 0.200 e. The Balaban J connectivity index is 2.63. The second-order valence-electron chi connectivity index (χ2n) is 3.67. The van der Waals surface area contributed by atoms with Crippen LogP contribution < -0.4 is 0 Å². The first kappa shape index (κ1) is 14.4. The van der Waals surface area contributed by atoms with Gasteiger partial charge in [-0.05, 0) is 46.3 Å². The van der Waals surface area contributed by atoms with E-state index >= 15 is 0 Å². The highest BCUT2D eigenvalue weighted by molar-refractivity contribution is 9.10. The number of hydrogen-bond donors (Lipinski definition) is 0. The molecule has 98 valence electrons. The number of rotatable bonds is 2. The summed E-state index contributed by atoms with van der Waals surface area (Å²) in [4.78, 5) is 12.2. The molecule has 6 heteroatoms. The molecule has 0 heterocycles. The van der Waals surface area contributed by atoms with E-state index in [0.717, 1.165) is 6.07 Å². The molecule has 0 unspecified atom stereocenters. The number of hydrogen-bond acceptors (Lipinski definition) is 1. The van der Waals surface area contributed by atoms with Crippen molar-refractivity contribution in [3.63, 3.8) is 0 Å². The minimum atomic E-state index is -0.971. The van der Waals surface area contributed by atoms with Crippen LogP contribution >= 0.6 is 39.1 Å². The molecule has 0 spiro atoms. The number of carbonyl (C=O) groups excluding carboxylic acids is 1. The summed E-state index contributed by atoms with van der Waals surface area (Å²) in [6.07, 6.45) is 0. The van der Waals surface area contributed by atoms with Crippen LogP contribution in [-0.2, 0) is 0 Å². The standard InChI is InChI=1S/C13H5BrCl2F2O/c14-8-2-4-10(17)11(12(8)18)13(19)7-5-6(15)1-3-9(7)16/h1-5H. The first-order valence-electron chi connectivity index (χ1n) is 5.05.